The van der Waals surface area contributed by atoms with Gasteiger partial charge in [0, 0.05) is 35.5 Å². The lowest BCUT2D eigenvalue weighted by Gasteiger charge is -2.32. The summed E-state index contributed by atoms with van der Waals surface area (Å²) >= 11 is 13.1. The molecule has 0 unspecified atom stereocenters. The Labute approximate surface area is 210 Å². The minimum atomic E-state index is -4.45. The number of rotatable bonds is 5. The van der Waals surface area contributed by atoms with E-state index in [4.69, 9.17) is 23.2 Å². The number of piperidine rings is 1. The standard InChI is InChI=1S/C25H24Cl2F3N3O2/c1-14(34)11-16-7-9-32(10-8-16)24(35)18-4-5-21(26)20(23(18)27)13-33-22-6-3-17(25(28,29)30)12-19(22)15(2)31-33/h3-6,12,16H,7-11,13H2,1-2H3. The van der Waals surface area contributed by atoms with E-state index >= 15 is 0 Å². The Hall–Kier alpha value is -2.58. The number of hydrogen-bond acceptors (Lipinski definition) is 3. The smallest absolute Gasteiger partial charge is 0.339 e. The van der Waals surface area contributed by atoms with Crippen LogP contribution in [-0.4, -0.2) is 39.5 Å². The van der Waals surface area contributed by atoms with E-state index < -0.39 is 11.7 Å². The molecular weight excluding hydrogens is 502 g/mol. The SMILES string of the molecule is CC(=O)CC1CCN(C(=O)c2ccc(Cl)c(Cn3nc(C)c4cc(C(F)(F)F)ccc43)c2Cl)CC1. The number of Topliss-reactive ketones (excluding diaryl/α,β-unsaturated/α-hetero) is 1. The van der Waals surface area contributed by atoms with Crippen LogP contribution >= 0.6 is 23.2 Å². The van der Waals surface area contributed by atoms with Gasteiger partial charge in [0.2, 0.25) is 0 Å². The van der Waals surface area contributed by atoms with Crippen LogP contribution in [0.4, 0.5) is 13.2 Å². The molecule has 0 aliphatic carbocycles. The number of halogens is 5. The van der Waals surface area contributed by atoms with Crippen LogP contribution in [-0.2, 0) is 17.5 Å². The van der Waals surface area contributed by atoms with Gasteiger partial charge < -0.3 is 9.69 Å². The number of aryl methyl sites for hydroxylation is 1. The molecule has 0 atom stereocenters. The summed E-state index contributed by atoms with van der Waals surface area (Å²) in [5, 5.41) is 5.31. The molecule has 0 N–H and O–H groups in total. The van der Waals surface area contributed by atoms with E-state index in [0.717, 1.165) is 25.0 Å². The molecule has 0 spiro atoms. The summed E-state index contributed by atoms with van der Waals surface area (Å²) in [7, 11) is 0. The number of benzene rings is 2. The summed E-state index contributed by atoms with van der Waals surface area (Å²) in [5.41, 5.74) is 0.980. The minimum Gasteiger partial charge on any atom is -0.339 e. The van der Waals surface area contributed by atoms with Gasteiger partial charge in [-0.1, -0.05) is 23.2 Å². The molecule has 2 aromatic carbocycles. The molecule has 1 aliphatic heterocycles. The minimum absolute atomic E-state index is 0.0924. The van der Waals surface area contributed by atoms with Crippen molar-refractivity contribution in [3.05, 3.63) is 62.8 Å². The summed E-state index contributed by atoms with van der Waals surface area (Å²) in [5.74, 6) is 0.212. The largest absolute Gasteiger partial charge is 0.416 e. The van der Waals surface area contributed by atoms with Gasteiger partial charge in [0.05, 0.1) is 33.9 Å². The van der Waals surface area contributed by atoms with Crippen LogP contribution in [0.25, 0.3) is 10.9 Å². The number of carbonyl (C=O) groups excluding carboxylic acids is 2. The van der Waals surface area contributed by atoms with Gasteiger partial charge in [-0.15, -0.1) is 0 Å². The average Bonchev–Trinajstić information content (AvgIpc) is 3.10. The predicted molar refractivity (Wildman–Crippen MR) is 129 cm³/mol. The van der Waals surface area contributed by atoms with Gasteiger partial charge in [0.25, 0.3) is 5.91 Å². The van der Waals surface area contributed by atoms with E-state index in [-0.39, 0.29) is 29.2 Å². The van der Waals surface area contributed by atoms with Crippen LogP contribution in [0.15, 0.2) is 30.3 Å². The molecule has 0 radical (unpaired) electrons. The Kier molecular flexibility index (Phi) is 7.16. The Bertz CT molecular complexity index is 1300. The Morgan fingerprint density at radius 2 is 1.80 bits per heavy atom. The lowest BCUT2D eigenvalue weighted by atomic mass is 9.91. The number of fused-ring (bicyclic) bond motifs is 1. The highest BCUT2D eigenvalue weighted by Crippen LogP contribution is 2.34. The monoisotopic (exact) mass is 525 g/mol. The van der Waals surface area contributed by atoms with Crippen LogP contribution in [0.5, 0.6) is 0 Å². The summed E-state index contributed by atoms with van der Waals surface area (Å²) in [6, 6.07) is 6.64. The van der Waals surface area contributed by atoms with E-state index in [9.17, 15) is 22.8 Å². The van der Waals surface area contributed by atoms with Crippen molar-refractivity contribution in [3.8, 4) is 0 Å². The van der Waals surface area contributed by atoms with Crippen molar-refractivity contribution in [3.63, 3.8) is 0 Å². The Morgan fingerprint density at radius 1 is 1.11 bits per heavy atom. The zero-order valence-electron chi connectivity index (χ0n) is 19.3. The first kappa shape index (κ1) is 25.5. The van der Waals surface area contributed by atoms with Gasteiger partial charge in [-0.2, -0.15) is 18.3 Å². The molecule has 1 amide bonds. The summed E-state index contributed by atoms with van der Waals surface area (Å²) in [4.78, 5) is 26.3. The fourth-order valence-electron chi connectivity index (χ4n) is 4.61. The third-order valence-corrected chi connectivity index (χ3v) is 7.25. The number of nitrogens with zero attached hydrogens (tertiary/aromatic N) is 3. The van der Waals surface area contributed by atoms with Crippen LogP contribution in [0, 0.1) is 12.8 Å². The number of carbonyl (C=O) groups is 2. The average molecular weight is 526 g/mol. The van der Waals surface area contributed by atoms with Crippen molar-refractivity contribution in [2.45, 2.75) is 45.8 Å². The molecule has 3 aromatic rings. The molecule has 5 nitrogen and oxygen atoms in total. The van der Waals surface area contributed by atoms with Gasteiger partial charge in [-0.3, -0.25) is 9.48 Å². The molecule has 1 fully saturated rings. The molecule has 1 saturated heterocycles. The number of aromatic nitrogens is 2. The van der Waals surface area contributed by atoms with Gasteiger partial charge >= 0.3 is 6.18 Å². The molecule has 35 heavy (non-hydrogen) atoms. The van der Waals surface area contributed by atoms with E-state index in [1.807, 2.05) is 0 Å². The number of alkyl halides is 3. The topological polar surface area (TPSA) is 55.2 Å². The van der Waals surface area contributed by atoms with E-state index in [0.29, 0.717) is 52.3 Å². The highest BCUT2D eigenvalue weighted by molar-refractivity contribution is 6.38. The number of ketones is 1. The maximum atomic E-state index is 13.2. The number of likely N-dealkylation sites (tertiary alicyclic amines) is 1. The molecule has 1 aromatic heterocycles. The second kappa shape index (κ2) is 9.82. The number of hydrogen-bond donors (Lipinski definition) is 0. The van der Waals surface area contributed by atoms with Crippen molar-refractivity contribution < 1.29 is 22.8 Å². The zero-order chi connectivity index (χ0) is 25.5. The highest BCUT2D eigenvalue weighted by Gasteiger charge is 2.31. The first-order chi connectivity index (χ1) is 16.5. The van der Waals surface area contributed by atoms with E-state index in [1.54, 1.807) is 35.6 Å². The van der Waals surface area contributed by atoms with Crippen molar-refractivity contribution in [2.75, 3.05) is 13.1 Å². The third kappa shape index (κ3) is 5.33. The van der Waals surface area contributed by atoms with E-state index in [2.05, 4.69) is 5.10 Å². The summed E-state index contributed by atoms with van der Waals surface area (Å²) in [6.07, 6.45) is -2.43. The fourth-order valence-corrected chi connectivity index (χ4v) is 5.18. The molecule has 1 aliphatic rings. The van der Waals surface area contributed by atoms with Gasteiger partial charge in [-0.05, 0) is 62.9 Å². The van der Waals surface area contributed by atoms with Crippen LogP contribution < -0.4 is 0 Å². The van der Waals surface area contributed by atoms with Crippen LogP contribution in [0.2, 0.25) is 10.0 Å². The fraction of sp³-hybridized carbons (Fsp3) is 0.400. The van der Waals surface area contributed by atoms with Gasteiger partial charge in [-0.25, -0.2) is 0 Å². The van der Waals surface area contributed by atoms with E-state index in [1.165, 1.54) is 6.07 Å². The summed E-state index contributed by atoms with van der Waals surface area (Å²) < 4.78 is 41.0. The Morgan fingerprint density at radius 3 is 2.43 bits per heavy atom. The second-order valence-corrected chi connectivity index (χ2v) is 9.79. The van der Waals surface area contributed by atoms with Crippen LogP contribution in [0.3, 0.4) is 0 Å². The third-order valence-electron chi connectivity index (χ3n) is 6.46. The number of amides is 1. The molecule has 0 saturated carbocycles. The first-order valence-corrected chi connectivity index (χ1v) is 12.0. The summed E-state index contributed by atoms with van der Waals surface area (Å²) in [6.45, 7) is 4.38. The lowest BCUT2D eigenvalue weighted by Crippen LogP contribution is -2.39. The predicted octanol–water partition coefficient (Wildman–Crippen LogP) is 6.55. The van der Waals surface area contributed by atoms with Crippen LogP contribution in [0.1, 0.15) is 53.4 Å². The normalized spacial score (nSPS) is 15.1. The maximum absolute atomic E-state index is 13.2. The zero-order valence-corrected chi connectivity index (χ0v) is 20.8. The highest BCUT2D eigenvalue weighted by atomic mass is 35.5. The van der Waals surface area contributed by atoms with Crippen molar-refractivity contribution >= 4 is 45.8 Å². The molecule has 0 bridgehead atoms. The van der Waals surface area contributed by atoms with Crippen molar-refractivity contribution in [1.29, 1.82) is 0 Å². The quantitative estimate of drug-likeness (QED) is 0.379. The van der Waals surface area contributed by atoms with Gasteiger partial charge in [0.15, 0.2) is 0 Å². The molecule has 2 heterocycles. The maximum Gasteiger partial charge on any atom is 0.416 e. The lowest BCUT2D eigenvalue weighted by molar-refractivity contribution is -0.137. The second-order valence-electron chi connectivity index (χ2n) is 9.00. The first-order valence-electron chi connectivity index (χ1n) is 11.3. The molecule has 10 heteroatoms. The van der Waals surface area contributed by atoms with Crippen molar-refractivity contribution in [1.82, 2.24) is 14.7 Å². The van der Waals surface area contributed by atoms with Crippen molar-refractivity contribution in [2.24, 2.45) is 5.92 Å². The molecule has 186 valence electrons. The van der Waals surface area contributed by atoms with Gasteiger partial charge in [0.1, 0.15) is 5.78 Å². The Balaban J connectivity index is 1.60. The molecular formula is C25H24Cl2F3N3O2. The molecule has 4 rings (SSSR count).